The first-order valence-corrected chi connectivity index (χ1v) is 8.06. The molecular weight excluding hydrogens is 363 g/mol. The molecule has 1 unspecified atom stereocenters. The van der Waals surface area contributed by atoms with Crippen molar-refractivity contribution in [3.63, 3.8) is 0 Å². The lowest BCUT2D eigenvalue weighted by atomic mass is 10.1. The number of aryl methyl sites for hydroxylation is 1. The molecule has 1 atom stereocenters. The van der Waals surface area contributed by atoms with Crippen LogP contribution in [-0.4, -0.2) is 25.3 Å². The molecule has 0 radical (unpaired) electrons. The summed E-state index contributed by atoms with van der Waals surface area (Å²) in [7, 11) is 1.20. The van der Waals surface area contributed by atoms with E-state index in [9.17, 15) is 22.8 Å². The highest BCUT2D eigenvalue weighted by Gasteiger charge is 2.32. The quantitative estimate of drug-likeness (QED) is 0.745. The maximum Gasteiger partial charge on any atom is 0.573 e. The summed E-state index contributed by atoms with van der Waals surface area (Å²) in [5, 5.41) is 2.55. The lowest BCUT2D eigenvalue weighted by Gasteiger charge is -2.17. The molecule has 0 fully saturated rings. The second-order valence-electron chi connectivity index (χ2n) is 5.59. The third-order valence-corrected chi connectivity index (χ3v) is 3.69. The minimum Gasteiger partial charge on any atom is -0.467 e. The largest absolute Gasteiger partial charge is 0.573 e. The summed E-state index contributed by atoms with van der Waals surface area (Å²) >= 11 is 0. The fraction of sp³-hybridized carbons (Fsp3) is 0.263. The predicted octanol–water partition coefficient (Wildman–Crippen LogP) is 3.55. The van der Waals surface area contributed by atoms with Crippen molar-refractivity contribution in [2.45, 2.75) is 25.2 Å². The Hall–Kier alpha value is -3.03. The van der Waals surface area contributed by atoms with Crippen molar-refractivity contribution in [1.29, 1.82) is 0 Å². The molecule has 0 bridgehead atoms. The second-order valence-corrected chi connectivity index (χ2v) is 5.59. The van der Waals surface area contributed by atoms with Gasteiger partial charge in [0.05, 0.1) is 7.11 Å². The summed E-state index contributed by atoms with van der Waals surface area (Å²) in [6.07, 6.45) is -4.93. The van der Waals surface area contributed by atoms with E-state index in [2.05, 4.69) is 10.1 Å². The van der Waals surface area contributed by atoms with E-state index >= 15 is 0 Å². The lowest BCUT2D eigenvalue weighted by molar-refractivity contribution is -0.274. The Morgan fingerprint density at radius 2 is 1.67 bits per heavy atom. The van der Waals surface area contributed by atoms with Crippen molar-refractivity contribution in [3.8, 4) is 5.75 Å². The molecule has 27 heavy (non-hydrogen) atoms. The second kappa shape index (κ2) is 9.07. The maximum absolute atomic E-state index is 12.5. The van der Waals surface area contributed by atoms with Crippen molar-refractivity contribution in [3.05, 3.63) is 65.7 Å². The molecule has 144 valence electrons. The first kappa shape index (κ1) is 20.3. The van der Waals surface area contributed by atoms with Gasteiger partial charge in [-0.3, -0.25) is 4.79 Å². The average Bonchev–Trinajstić information content (AvgIpc) is 2.64. The molecule has 2 aromatic rings. The van der Waals surface area contributed by atoms with Crippen LogP contribution in [0.25, 0.3) is 0 Å². The zero-order valence-corrected chi connectivity index (χ0v) is 14.5. The molecule has 0 heterocycles. The third-order valence-electron chi connectivity index (χ3n) is 3.69. The van der Waals surface area contributed by atoms with Crippen LogP contribution in [0.1, 0.15) is 23.6 Å². The van der Waals surface area contributed by atoms with Gasteiger partial charge in [-0.2, -0.15) is 0 Å². The molecule has 0 aliphatic heterocycles. The number of halogens is 3. The van der Waals surface area contributed by atoms with Gasteiger partial charge < -0.3 is 14.8 Å². The van der Waals surface area contributed by atoms with Gasteiger partial charge in [-0.15, -0.1) is 13.2 Å². The zero-order chi connectivity index (χ0) is 19.9. The minimum atomic E-state index is -4.82. The fourth-order valence-corrected chi connectivity index (χ4v) is 2.46. The van der Waals surface area contributed by atoms with E-state index in [4.69, 9.17) is 4.74 Å². The number of ether oxygens (including phenoxy) is 2. The number of hydrogen-bond donors (Lipinski definition) is 1. The number of carbonyl (C=O) groups is 2. The van der Waals surface area contributed by atoms with Crippen LogP contribution < -0.4 is 10.1 Å². The molecule has 0 saturated carbocycles. The van der Waals surface area contributed by atoms with Crippen molar-refractivity contribution in [2.24, 2.45) is 0 Å². The van der Waals surface area contributed by atoms with Crippen molar-refractivity contribution in [2.75, 3.05) is 7.11 Å². The third kappa shape index (κ3) is 6.32. The standard InChI is InChI=1S/C19H18F3NO4/c1-26-18(25)17(14-8-3-2-4-9-14)23-16(24)12-11-13-7-5-6-10-15(13)27-19(20,21)22/h2-10,17H,11-12H2,1H3,(H,23,24). The monoisotopic (exact) mass is 381 g/mol. The van der Waals surface area contributed by atoms with Gasteiger partial charge in [0.15, 0.2) is 6.04 Å². The smallest absolute Gasteiger partial charge is 0.467 e. The molecule has 5 nitrogen and oxygen atoms in total. The number of methoxy groups -OCH3 is 1. The molecule has 0 aliphatic carbocycles. The number of hydrogen-bond acceptors (Lipinski definition) is 4. The van der Waals surface area contributed by atoms with Crippen molar-refractivity contribution < 1.29 is 32.2 Å². The zero-order valence-electron chi connectivity index (χ0n) is 14.5. The first-order chi connectivity index (χ1) is 12.8. The molecule has 1 N–H and O–H groups in total. The van der Waals surface area contributed by atoms with Crippen LogP contribution in [0.15, 0.2) is 54.6 Å². The lowest BCUT2D eigenvalue weighted by Crippen LogP contribution is -2.34. The van der Waals surface area contributed by atoms with E-state index < -0.39 is 24.3 Å². The van der Waals surface area contributed by atoms with Crippen LogP contribution in [0.5, 0.6) is 5.75 Å². The van der Waals surface area contributed by atoms with Gasteiger partial charge >= 0.3 is 12.3 Å². The van der Waals surface area contributed by atoms with Crippen LogP contribution in [0.2, 0.25) is 0 Å². The number of nitrogens with one attached hydrogen (secondary N) is 1. The van der Waals surface area contributed by atoms with Gasteiger partial charge in [-0.05, 0) is 23.6 Å². The summed E-state index contributed by atoms with van der Waals surface area (Å²) in [5.41, 5.74) is 0.776. The van der Waals surface area contributed by atoms with Crippen molar-refractivity contribution >= 4 is 11.9 Å². The molecule has 0 aliphatic rings. The Labute approximate surface area is 154 Å². The summed E-state index contributed by atoms with van der Waals surface area (Å²) in [6, 6.07) is 13.1. The summed E-state index contributed by atoms with van der Waals surface area (Å²) in [4.78, 5) is 24.2. The Bertz CT molecular complexity index is 778. The summed E-state index contributed by atoms with van der Waals surface area (Å²) in [6.45, 7) is 0. The fourth-order valence-electron chi connectivity index (χ4n) is 2.46. The van der Waals surface area contributed by atoms with E-state index in [1.807, 2.05) is 0 Å². The minimum absolute atomic E-state index is 0.0147. The van der Waals surface area contributed by atoms with Crippen LogP contribution in [0, 0.1) is 0 Å². The average molecular weight is 381 g/mol. The van der Waals surface area contributed by atoms with Gasteiger partial charge in [0.2, 0.25) is 5.91 Å². The molecule has 0 saturated heterocycles. The predicted molar refractivity (Wildman–Crippen MR) is 90.8 cm³/mol. The highest BCUT2D eigenvalue weighted by Crippen LogP contribution is 2.27. The summed E-state index contributed by atoms with van der Waals surface area (Å²) in [5.74, 6) is -1.50. The van der Waals surface area contributed by atoms with E-state index in [1.165, 1.54) is 25.3 Å². The number of alkyl halides is 3. The Morgan fingerprint density at radius 3 is 2.30 bits per heavy atom. The SMILES string of the molecule is COC(=O)C(NC(=O)CCc1ccccc1OC(F)(F)F)c1ccccc1. The van der Waals surface area contributed by atoms with Crippen molar-refractivity contribution in [1.82, 2.24) is 5.32 Å². The summed E-state index contributed by atoms with van der Waals surface area (Å²) < 4.78 is 46.0. The number of rotatable bonds is 7. The van der Waals surface area contributed by atoms with Crippen LogP contribution in [0.4, 0.5) is 13.2 Å². The number of esters is 1. The number of benzene rings is 2. The van der Waals surface area contributed by atoms with Gasteiger partial charge in [-0.25, -0.2) is 4.79 Å². The van der Waals surface area contributed by atoms with E-state index in [-0.39, 0.29) is 24.2 Å². The maximum atomic E-state index is 12.5. The Morgan fingerprint density at radius 1 is 1.04 bits per heavy atom. The molecule has 0 aromatic heterocycles. The van der Waals surface area contributed by atoms with E-state index in [0.29, 0.717) is 5.56 Å². The van der Waals surface area contributed by atoms with Gasteiger partial charge in [0, 0.05) is 6.42 Å². The van der Waals surface area contributed by atoms with Crippen LogP contribution in [-0.2, 0) is 20.7 Å². The number of amides is 1. The highest BCUT2D eigenvalue weighted by molar-refractivity contribution is 5.85. The molecule has 2 aromatic carbocycles. The number of para-hydroxylation sites is 1. The van der Waals surface area contributed by atoms with E-state index in [1.54, 1.807) is 36.4 Å². The molecule has 0 spiro atoms. The molecule has 1 amide bonds. The first-order valence-electron chi connectivity index (χ1n) is 8.06. The van der Waals surface area contributed by atoms with Crippen LogP contribution in [0.3, 0.4) is 0 Å². The van der Waals surface area contributed by atoms with Gasteiger partial charge in [0.1, 0.15) is 5.75 Å². The van der Waals surface area contributed by atoms with E-state index in [0.717, 1.165) is 0 Å². The van der Waals surface area contributed by atoms with Crippen LogP contribution >= 0.6 is 0 Å². The Balaban J connectivity index is 2.04. The van der Waals surface area contributed by atoms with Gasteiger partial charge in [0.25, 0.3) is 0 Å². The topological polar surface area (TPSA) is 64.6 Å². The molecule has 2 rings (SSSR count). The molecular formula is C19H18F3NO4. The van der Waals surface area contributed by atoms with Gasteiger partial charge in [-0.1, -0.05) is 48.5 Å². The Kier molecular flexibility index (Phi) is 6.81. The highest BCUT2D eigenvalue weighted by atomic mass is 19.4. The normalized spacial score (nSPS) is 12.1. The molecule has 8 heteroatoms. The number of carbonyl (C=O) groups excluding carboxylic acids is 2.